The number of ether oxygens (including phenoxy) is 2. The molecule has 2 amide bonds. The van der Waals surface area contributed by atoms with E-state index in [2.05, 4.69) is 15.4 Å². The molecule has 0 aliphatic carbocycles. The van der Waals surface area contributed by atoms with E-state index in [4.69, 9.17) is 10.5 Å². The molecule has 0 radical (unpaired) electrons. The van der Waals surface area contributed by atoms with Gasteiger partial charge in [0.2, 0.25) is 0 Å². The lowest BCUT2D eigenvalue weighted by Crippen LogP contribution is -2.19. The summed E-state index contributed by atoms with van der Waals surface area (Å²) in [5.41, 5.74) is 7.37. The molecule has 0 atom stereocenters. The fourth-order valence-corrected chi connectivity index (χ4v) is 1.71. The SMILES string of the molecule is CCOC(=O)Oc1ccc(NC(=O)Nc2ccc(N)cc2)cc1. The van der Waals surface area contributed by atoms with E-state index in [-0.39, 0.29) is 6.61 Å². The summed E-state index contributed by atoms with van der Waals surface area (Å²) in [5, 5.41) is 5.33. The second kappa shape index (κ2) is 7.69. The van der Waals surface area contributed by atoms with Crippen molar-refractivity contribution >= 4 is 29.2 Å². The van der Waals surface area contributed by atoms with Crippen LogP contribution in [0.2, 0.25) is 0 Å². The average molecular weight is 315 g/mol. The summed E-state index contributed by atoms with van der Waals surface area (Å²) in [6.45, 7) is 1.93. The Morgan fingerprint density at radius 3 is 2.00 bits per heavy atom. The van der Waals surface area contributed by atoms with Gasteiger partial charge in [-0.1, -0.05) is 0 Å². The number of hydrogen-bond donors (Lipinski definition) is 3. The Bertz CT molecular complexity index is 669. The molecule has 2 aromatic rings. The highest BCUT2D eigenvalue weighted by atomic mass is 16.7. The van der Waals surface area contributed by atoms with Gasteiger partial charge in [-0.05, 0) is 55.5 Å². The lowest BCUT2D eigenvalue weighted by molar-refractivity contribution is 0.104. The number of nitrogen functional groups attached to an aromatic ring is 1. The molecule has 120 valence electrons. The summed E-state index contributed by atoms with van der Waals surface area (Å²) in [6, 6.07) is 12.7. The highest BCUT2D eigenvalue weighted by Gasteiger charge is 2.06. The van der Waals surface area contributed by atoms with Crippen molar-refractivity contribution in [2.45, 2.75) is 6.92 Å². The van der Waals surface area contributed by atoms with Gasteiger partial charge in [0.05, 0.1) is 6.61 Å². The number of nitrogens with one attached hydrogen (secondary N) is 2. The molecular weight excluding hydrogens is 298 g/mol. The Morgan fingerprint density at radius 1 is 0.957 bits per heavy atom. The number of urea groups is 1. The summed E-state index contributed by atoms with van der Waals surface area (Å²) in [4.78, 5) is 23.0. The van der Waals surface area contributed by atoms with Gasteiger partial charge in [0.15, 0.2) is 0 Å². The Hall–Kier alpha value is -3.22. The van der Waals surface area contributed by atoms with Crippen molar-refractivity contribution in [2.75, 3.05) is 23.0 Å². The van der Waals surface area contributed by atoms with Crippen molar-refractivity contribution < 1.29 is 19.1 Å². The highest BCUT2D eigenvalue weighted by molar-refractivity contribution is 5.99. The number of benzene rings is 2. The van der Waals surface area contributed by atoms with Crippen LogP contribution >= 0.6 is 0 Å². The predicted octanol–water partition coefficient (Wildman–Crippen LogP) is 3.45. The molecule has 0 unspecified atom stereocenters. The Kier molecular flexibility index (Phi) is 5.40. The lowest BCUT2D eigenvalue weighted by atomic mass is 10.3. The Labute approximate surface area is 133 Å². The van der Waals surface area contributed by atoms with Gasteiger partial charge in [0.1, 0.15) is 5.75 Å². The topological polar surface area (TPSA) is 103 Å². The highest BCUT2D eigenvalue weighted by Crippen LogP contribution is 2.17. The first-order valence-corrected chi connectivity index (χ1v) is 6.95. The maximum atomic E-state index is 11.9. The molecule has 0 heterocycles. The van der Waals surface area contributed by atoms with Gasteiger partial charge in [-0.15, -0.1) is 0 Å². The minimum atomic E-state index is -0.769. The molecule has 2 aromatic carbocycles. The molecule has 0 aliphatic rings. The monoisotopic (exact) mass is 315 g/mol. The van der Waals surface area contributed by atoms with Crippen LogP contribution in [0.4, 0.5) is 26.7 Å². The second-order valence-electron chi connectivity index (χ2n) is 4.51. The fraction of sp³-hybridized carbons (Fsp3) is 0.125. The first-order chi connectivity index (χ1) is 11.1. The number of amides is 2. The Morgan fingerprint density at radius 2 is 1.48 bits per heavy atom. The first kappa shape index (κ1) is 16.2. The molecular formula is C16H17N3O4. The van der Waals surface area contributed by atoms with Crippen molar-refractivity contribution in [1.29, 1.82) is 0 Å². The van der Waals surface area contributed by atoms with E-state index in [9.17, 15) is 9.59 Å². The molecule has 0 aromatic heterocycles. The number of hydrogen-bond acceptors (Lipinski definition) is 5. The largest absolute Gasteiger partial charge is 0.513 e. The van der Waals surface area contributed by atoms with Crippen molar-refractivity contribution in [1.82, 2.24) is 0 Å². The number of nitrogens with two attached hydrogens (primary N) is 1. The van der Waals surface area contributed by atoms with Gasteiger partial charge in [-0.3, -0.25) is 0 Å². The molecule has 4 N–H and O–H groups in total. The minimum Gasteiger partial charge on any atom is -0.434 e. The number of anilines is 3. The zero-order chi connectivity index (χ0) is 16.7. The number of rotatable bonds is 4. The van der Waals surface area contributed by atoms with E-state index in [1.807, 2.05) is 0 Å². The summed E-state index contributed by atoms with van der Waals surface area (Å²) in [7, 11) is 0. The van der Waals surface area contributed by atoms with E-state index in [1.165, 1.54) is 0 Å². The Balaban J connectivity index is 1.88. The smallest absolute Gasteiger partial charge is 0.434 e. The summed E-state index contributed by atoms with van der Waals surface area (Å²) < 4.78 is 9.59. The van der Waals surface area contributed by atoms with Crippen LogP contribution in [-0.4, -0.2) is 18.8 Å². The summed E-state index contributed by atoms with van der Waals surface area (Å²) >= 11 is 0. The van der Waals surface area contributed by atoms with Gasteiger partial charge >= 0.3 is 12.2 Å². The van der Waals surface area contributed by atoms with E-state index in [0.29, 0.717) is 22.8 Å². The fourth-order valence-electron chi connectivity index (χ4n) is 1.71. The quantitative estimate of drug-likeness (QED) is 0.455. The normalized spacial score (nSPS) is 9.78. The predicted molar refractivity (Wildman–Crippen MR) is 87.6 cm³/mol. The van der Waals surface area contributed by atoms with Crippen molar-refractivity contribution in [3.05, 3.63) is 48.5 Å². The van der Waals surface area contributed by atoms with Crippen LogP contribution < -0.4 is 21.1 Å². The van der Waals surface area contributed by atoms with Gasteiger partial charge in [-0.25, -0.2) is 9.59 Å². The molecule has 23 heavy (non-hydrogen) atoms. The van der Waals surface area contributed by atoms with Gasteiger partial charge in [0.25, 0.3) is 0 Å². The second-order valence-corrected chi connectivity index (χ2v) is 4.51. The van der Waals surface area contributed by atoms with E-state index in [1.54, 1.807) is 55.5 Å². The molecule has 2 rings (SSSR count). The van der Waals surface area contributed by atoms with Gasteiger partial charge < -0.3 is 25.8 Å². The molecule has 0 aliphatic heterocycles. The van der Waals surface area contributed by atoms with Crippen molar-refractivity contribution in [3.8, 4) is 5.75 Å². The van der Waals surface area contributed by atoms with Crippen LogP contribution in [0, 0.1) is 0 Å². The van der Waals surface area contributed by atoms with Crippen molar-refractivity contribution in [3.63, 3.8) is 0 Å². The van der Waals surface area contributed by atoms with E-state index >= 15 is 0 Å². The molecule has 0 saturated heterocycles. The molecule has 7 nitrogen and oxygen atoms in total. The average Bonchev–Trinajstić information content (AvgIpc) is 2.52. The summed E-state index contributed by atoms with van der Waals surface area (Å²) in [5.74, 6) is 0.327. The zero-order valence-corrected chi connectivity index (χ0v) is 12.5. The van der Waals surface area contributed by atoms with Crippen LogP contribution in [0.3, 0.4) is 0 Å². The zero-order valence-electron chi connectivity index (χ0n) is 12.5. The van der Waals surface area contributed by atoms with Crippen molar-refractivity contribution in [2.24, 2.45) is 0 Å². The van der Waals surface area contributed by atoms with E-state index < -0.39 is 12.2 Å². The minimum absolute atomic E-state index is 0.240. The molecule has 0 bridgehead atoms. The van der Waals surface area contributed by atoms with Gasteiger partial charge in [0, 0.05) is 17.1 Å². The molecule has 0 fully saturated rings. The molecule has 7 heteroatoms. The third-order valence-electron chi connectivity index (χ3n) is 2.74. The first-order valence-electron chi connectivity index (χ1n) is 6.95. The number of carbonyl (C=O) groups is 2. The lowest BCUT2D eigenvalue weighted by Gasteiger charge is -2.09. The third kappa shape index (κ3) is 5.24. The van der Waals surface area contributed by atoms with E-state index in [0.717, 1.165) is 0 Å². The third-order valence-corrected chi connectivity index (χ3v) is 2.74. The van der Waals surface area contributed by atoms with Crippen LogP contribution in [0.1, 0.15) is 6.92 Å². The molecule has 0 spiro atoms. The summed E-state index contributed by atoms with van der Waals surface area (Å²) in [6.07, 6.45) is -0.769. The molecule has 0 saturated carbocycles. The van der Waals surface area contributed by atoms with Crippen LogP contribution in [0.25, 0.3) is 0 Å². The maximum absolute atomic E-state index is 11.9. The van der Waals surface area contributed by atoms with Crippen LogP contribution in [0.15, 0.2) is 48.5 Å². The maximum Gasteiger partial charge on any atom is 0.513 e. The van der Waals surface area contributed by atoms with Crippen LogP contribution in [0.5, 0.6) is 5.75 Å². The standard InChI is InChI=1S/C16H17N3O4/c1-2-22-16(21)23-14-9-7-13(8-10-14)19-15(20)18-12-5-3-11(17)4-6-12/h3-10H,2,17H2,1H3,(H2,18,19,20). The van der Waals surface area contributed by atoms with Crippen LogP contribution in [-0.2, 0) is 4.74 Å². The van der Waals surface area contributed by atoms with Gasteiger partial charge in [-0.2, -0.15) is 0 Å². The number of carbonyl (C=O) groups excluding carboxylic acids is 2.